The maximum atomic E-state index is 15.1. The summed E-state index contributed by atoms with van der Waals surface area (Å²) in [6.07, 6.45) is -1.03. The van der Waals surface area contributed by atoms with Crippen molar-refractivity contribution in [2.75, 3.05) is 37.2 Å². The van der Waals surface area contributed by atoms with E-state index in [1.807, 2.05) is 0 Å². The Hall–Kier alpha value is -5.25. The van der Waals surface area contributed by atoms with Crippen LogP contribution < -0.4 is 21.1 Å². The SMILES string of the molecule is CCC(Nc1ccc(F)c(C(N)=O)c1)(C(=O)N1CCC(C(=O)O)C1c1cc(NC(=O)OC)ccc1S(=O)(=O)CC)c1ccc(F)c(OC)c1. The van der Waals surface area contributed by atoms with E-state index in [1.54, 1.807) is 6.92 Å². The number of carboxylic acids is 1. The van der Waals surface area contributed by atoms with Crippen molar-refractivity contribution >= 4 is 45.1 Å². The van der Waals surface area contributed by atoms with Crippen molar-refractivity contribution in [3.05, 3.63) is 82.9 Å². The standard InChI is InChI=1S/C33H36F2N4O9S/c1-5-33(18-7-10-25(35)26(15-18)47-3,38-20-8-11-24(34)22(17-20)29(36)40)31(43)39-14-13-21(30(41)42)28(39)23-16-19(37-32(44)48-4)9-12-27(23)49(45,46)6-2/h7-12,15-17,21,28,38H,5-6,13-14H2,1-4H3,(H2,36,40)(H,37,44)(H,41,42). The van der Waals surface area contributed by atoms with Crippen molar-refractivity contribution in [2.45, 2.75) is 43.2 Å². The van der Waals surface area contributed by atoms with E-state index in [4.69, 9.17) is 10.5 Å². The molecule has 0 radical (unpaired) electrons. The molecule has 0 saturated carbocycles. The highest BCUT2D eigenvalue weighted by atomic mass is 32.2. The van der Waals surface area contributed by atoms with Crippen LogP contribution in [0.2, 0.25) is 0 Å². The fourth-order valence-electron chi connectivity index (χ4n) is 6.03. The van der Waals surface area contributed by atoms with Crippen LogP contribution in [0.15, 0.2) is 59.5 Å². The average molecular weight is 703 g/mol. The zero-order valence-electron chi connectivity index (χ0n) is 27.1. The molecular formula is C33H36F2N4O9S. The summed E-state index contributed by atoms with van der Waals surface area (Å²) in [4.78, 5) is 52.8. The van der Waals surface area contributed by atoms with Gasteiger partial charge in [0, 0.05) is 17.9 Å². The summed E-state index contributed by atoms with van der Waals surface area (Å²) in [7, 11) is -1.67. The normalized spacial score (nSPS) is 17.1. The molecule has 1 saturated heterocycles. The van der Waals surface area contributed by atoms with Crippen LogP contribution in [-0.4, -0.2) is 68.8 Å². The second kappa shape index (κ2) is 14.5. The minimum Gasteiger partial charge on any atom is -0.494 e. The van der Waals surface area contributed by atoms with Gasteiger partial charge >= 0.3 is 12.1 Å². The van der Waals surface area contributed by atoms with Crippen LogP contribution in [0.5, 0.6) is 5.75 Å². The number of amides is 3. The van der Waals surface area contributed by atoms with E-state index in [-0.39, 0.29) is 58.3 Å². The summed E-state index contributed by atoms with van der Waals surface area (Å²) in [5.74, 6) is -6.67. The molecule has 3 aromatic rings. The summed E-state index contributed by atoms with van der Waals surface area (Å²) in [5.41, 5.74) is 3.27. The zero-order chi connectivity index (χ0) is 36.3. The molecule has 5 N–H and O–H groups in total. The zero-order valence-corrected chi connectivity index (χ0v) is 27.9. The van der Waals surface area contributed by atoms with E-state index in [0.29, 0.717) is 0 Å². The number of hydrogen-bond donors (Lipinski definition) is 4. The van der Waals surface area contributed by atoms with Crippen molar-refractivity contribution < 1.29 is 51.0 Å². The molecular weight excluding hydrogens is 666 g/mol. The quantitative estimate of drug-likeness (QED) is 0.210. The second-order valence-corrected chi connectivity index (χ2v) is 13.5. The van der Waals surface area contributed by atoms with Crippen LogP contribution >= 0.6 is 0 Å². The van der Waals surface area contributed by atoms with Gasteiger partial charge in [0.25, 0.3) is 11.8 Å². The Morgan fingerprint density at radius 2 is 1.67 bits per heavy atom. The van der Waals surface area contributed by atoms with Gasteiger partial charge in [0.15, 0.2) is 21.4 Å². The molecule has 1 aliphatic rings. The van der Waals surface area contributed by atoms with Gasteiger partial charge in [-0.15, -0.1) is 0 Å². The van der Waals surface area contributed by atoms with Crippen molar-refractivity contribution in [1.82, 2.24) is 4.90 Å². The van der Waals surface area contributed by atoms with Crippen LogP contribution in [0.3, 0.4) is 0 Å². The number of nitrogens with two attached hydrogens (primary N) is 1. The minimum atomic E-state index is -4.02. The van der Waals surface area contributed by atoms with E-state index < -0.39 is 68.4 Å². The molecule has 1 fully saturated rings. The lowest BCUT2D eigenvalue weighted by atomic mass is 9.83. The topological polar surface area (TPSA) is 194 Å². The molecule has 0 aliphatic carbocycles. The number of halogens is 2. The van der Waals surface area contributed by atoms with E-state index in [9.17, 15) is 36.7 Å². The molecule has 262 valence electrons. The molecule has 3 amide bonds. The lowest BCUT2D eigenvalue weighted by molar-refractivity contribution is -0.144. The number of likely N-dealkylation sites (tertiary alicyclic amines) is 1. The Bertz CT molecular complexity index is 1910. The first-order chi connectivity index (χ1) is 23.1. The van der Waals surface area contributed by atoms with E-state index in [2.05, 4.69) is 15.4 Å². The van der Waals surface area contributed by atoms with Crippen LogP contribution in [0.4, 0.5) is 25.0 Å². The van der Waals surface area contributed by atoms with Gasteiger partial charge in [-0.3, -0.25) is 19.7 Å². The van der Waals surface area contributed by atoms with E-state index in [0.717, 1.165) is 25.3 Å². The first-order valence-corrected chi connectivity index (χ1v) is 16.8. The molecule has 0 aromatic heterocycles. The van der Waals surface area contributed by atoms with Crippen molar-refractivity contribution in [3.63, 3.8) is 0 Å². The third-order valence-electron chi connectivity index (χ3n) is 8.58. The fraction of sp³-hybridized carbons (Fsp3) is 0.333. The lowest BCUT2D eigenvalue weighted by Crippen LogP contribution is -2.52. The highest BCUT2D eigenvalue weighted by molar-refractivity contribution is 7.91. The molecule has 3 atom stereocenters. The van der Waals surface area contributed by atoms with Crippen LogP contribution in [0.25, 0.3) is 0 Å². The van der Waals surface area contributed by atoms with Crippen LogP contribution in [-0.2, 0) is 29.7 Å². The Morgan fingerprint density at radius 1 is 1.00 bits per heavy atom. The van der Waals surface area contributed by atoms with E-state index in [1.165, 1.54) is 55.3 Å². The predicted octanol–water partition coefficient (Wildman–Crippen LogP) is 4.44. The fourth-order valence-corrected chi connectivity index (χ4v) is 7.16. The Labute approximate surface area is 281 Å². The largest absolute Gasteiger partial charge is 0.494 e. The third-order valence-corrected chi connectivity index (χ3v) is 10.4. The van der Waals surface area contributed by atoms with Gasteiger partial charge in [0.05, 0.1) is 42.4 Å². The predicted molar refractivity (Wildman–Crippen MR) is 174 cm³/mol. The summed E-state index contributed by atoms with van der Waals surface area (Å²) in [6, 6.07) is 9.43. The summed E-state index contributed by atoms with van der Waals surface area (Å²) in [5, 5.41) is 15.8. The molecule has 16 heteroatoms. The summed E-state index contributed by atoms with van der Waals surface area (Å²) < 4.78 is 65.7. The molecule has 0 bridgehead atoms. The number of hydrogen-bond acceptors (Lipinski definition) is 9. The Kier molecular flexibility index (Phi) is 10.8. The van der Waals surface area contributed by atoms with Gasteiger partial charge in [-0.25, -0.2) is 22.0 Å². The number of rotatable bonds is 12. The van der Waals surface area contributed by atoms with Crippen molar-refractivity contribution in [2.24, 2.45) is 11.7 Å². The lowest BCUT2D eigenvalue weighted by Gasteiger charge is -2.40. The number of methoxy groups -OCH3 is 2. The van der Waals surface area contributed by atoms with Gasteiger partial charge in [-0.05, 0) is 72.5 Å². The molecule has 1 aliphatic heterocycles. The molecule has 13 nitrogen and oxygen atoms in total. The second-order valence-electron chi connectivity index (χ2n) is 11.2. The first-order valence-electron chi connectivity index (χ1n) is 15.1. The first kappa shape index (κ1) is 36.6. The maximum Gasteiger partial charge on any atom is 0.411 e. The number of carbonyl (C=O) groups is 4. The number of carboxylic acid groups (broad SMARTS) is 1. The van der Waals surface area contributed by atoms with Gasteiger partial charge in [0.2, 0.25) is 0 Å². The van der Waals surface area contributed by atoms with E-state index >= 15 is 4.79 Å². The highest BCUT2D eigenvalue weighted by Crippen LogP contribution is 2.45. The average Bonchev–Trinajstić information content (AvgIpc) is 3.53. The number of primary amides is 1. The number of carbonyl (C=O) groups excluding carboxylic acids is 3. The summed E-state index contributed by atoms with van der Waals surface area (Å²) in [6.45, 7) is 2.87. The number of nitrogens with one attached hydrogen (secondary N) is 2. The molecule has 49 heavy (non-hydrogen) atoms. The number of aliphatic carboxylic acids is 1. The Morgan fingerprint density at radius 3 is 2.27 bits per heavy atom. The number of ether oxygens (including phenoxy) is 2. The molecule has 3 unspecified atom stereocenters. The van der Waals surface area contributed by atoms with Gasteiger partial charge < -0.3 is 30.5 Å². The number of sulfone groups is 1. The smallest absolute Gasteiger partial charge is 0.411 e. The van der Waals surface area contributed by atoms with Crippen molar-refractivity contribution in [1.29, 1.82) is 0 Å². The highest BCUT2D eigenvalue weighted by Gasteiger charge is 2.50. The minimum absolute atomic E-state index is 0.0616. The monoisotopic (exact) mass is 702 g/mol. The van der Waals surface area contributed by atoms with Gasteiger partial charge in [-0.1, -0.05) is 19.9 Å². The number of anilines is 2. The molecule has 4 rings (SSSR count). The van der Waals surface area contributed by atoms with Gasteiger partial charge in [0.1, 0.15) is 11.4 Å². The third kappa shape index (κ3) is 7.13. The van der Waals surface area contributed by atoms with Gasteiger partial charge in [-0.2, -0.15) is 0 Å². The molecule has 0 spiro atoms. The van der Waals surface area contributed by atoms with Crippen molar-refractivity contribution in [3.8, 4) is 5.75 Å². The Balaban J connectivity index is 1.99. The number of nitrogens with zero attached hydrogens (tertiary/aromatic N) is 1. The summed E-state index contributed by atoms with van der Waals surface area (Å²) >= 11 is 0. The molecule has 3 aromatic carbocycles. The molecule has 1 heterocycles. The number of benzene rings is 3. The van der Waals surface area contributed by atoms with Crippen LogP contribution in [0.1, 0.15) is 54.2 Å². The maximum absolute atomic E-state index is 15.1. The van der Waals surface area contributed by atoms with Crippen LogP contribution in [0, 0.1) is 17.6 Å².